The summed E-state index contributed by atoms with van der Waals surface area (Å²) >= 11 is 0. The van der Waals surface area contributed by atoms with Gasteiger partial charge in [-0.3, -0.25) is 4.79 Å². The SMILES string of the molecule is Cc1ccc2onc(C3CCN(CC4(C(=O)O)CC4)CC3)c2c1. The number of piperidine rings is 1. The predicted molar refractivity (Wildman–Crippen MR) is 86.5 cm³/mol. The smallest absolute Gasteiger partial charge is 0.310 e. The Morgan fingerprint density at radius 3 is 2.78 bits per heavy atom. The van der Waals surface area contributed by atoms with Gasteiger partial charge in [-0.1, -0.05) is 16.8 Å². The van der Waals surface area contributed by atoms with Gasteiger partial charge in [0.2, 0.25) is 0 Å². The molecule has 0 radical (unpaired) electrons. The minimum absolute atomic E-state index is 0.411. The number of rotatable bonds is 4. The minimum Gasteiger partial charge on any atom is -0.481 e. The fourth-order valence-corrected chi connectivity index (χ4v) is 3.75. The molecule has 5 heteroatoms. The second kappa shape index (κ2) is 5.34. The van der Waals surface area contributed by atoms with Crippen LogP contribution in [-0.4, -0.2) is 40.8 Å². The first-order valence-corrected chi connectivity index (χ1v) is 8.39. The lowest BCUT2D eigenvalue weighted by Gasteiger charge is -2.32. The molecule has 1 aromatic carbocycles. The molecule has 0 amide bonds. The second-order valence-corrected chi connectivity index (χ2v) is 7.20. The number of nitrogens with zero attached hydrogens (tertiary/aromatic N) is 2. The normalized spacial score (nSPS) is 21.6. The van der Waals surface area contributed by atoms with Crippen LogP contribution in [0.15, 0.2) is 22.7 Å². The molecule has 4 rings (SSSR count). The number of carbonyl (C=O) groups is 1. The van der Waals surface area contributed by atoms with E-state index in [2.05, 4.69) is 23.0 Å². The highest BCUT2D eigenvalue weighted by atomic mass is 16.5. The molecule has 122 valence electrons. The summed E-state index contributed by atoms with van der Waals surface area (Å²) in [6.45, 7) is 4.67. The Bertz CT molecular complexity index is 740. The maximum Gasteiger partial charge on any atom is 0.310 e. The molecule has 2 aromatic rings. The van der Waals surface area contributed by atoms with Gasteiger partial charge in [0, 0.05) is 17.8 Å². The number of aryl methyl sites for hydroxylation is 1. The van der Waals surface area contributed by atoms with Gasteiger partial charge in [-0.05, 0) is 57.8 Å². The van der Waals surface area contributed by atoms with Gasteiger partial charge in [0.1, 0.15) is 0 Å². The molecule has 23 heavy (non-hydrogen) atoms. The van der Waals surface area contributed by atoms with Crippen molar-refractivity contribution in [1.29, 1.82) is 0 Å². The van der Waals surface area contributed by atoms with Crippen LogP contribution in [0.2, 0.25) is 0 Å². The van der Waals surface area contributed by atoms with Gasteiger partial charge in [0.15, 0.2) is 5.58 Å². The Kier molecular flexibility index (Phi) is 3.41. The third kappa shape index (κ3) is 2.63. The standard InChI is InChI=1S/C18H22N2O3/c1-12-2-3-15-14(10-12)16(19-23-15)13-4-8-20(9-5-13)11-18(6-7-18)17(21)22/h2-3,10,13H,4-9,11H2,1H3,(H,21,22). The lowest BCUT2D eigenvalue weighted by atomic mass is 9.90. The Morgan fingerprint density at radius 1 is 1.39 bits per heavy atom. The van der Waals surface area contributed by atoms with Crippen molar-refractivity contribution in [2.24, 2.45) is 5.41 Å². The van der Waals surface area contributed by atoms with Crippen LogP contribution < -0.4 is 0 Å². The molecular formula is C18H22N2O3. The van der Waals surface area contributed by atoms with E-state index in [9.17, 15) is 9.90 Å². The third-order valence-electron chi connectivity index (χ3n) is 5.46. The molecule has 0 atom stereocenters. The van der Waals surface area contributed by atoms with Crippen LogP contribution in [0, 0.1) is 12.3 Å². The largest absolute Gasteiger partial charge is 0.481 e. The van der Waals surface area contributed by atoms with Gasteiger partial charge in [-0.2, -0.15) is 0 Å². The van der Waals surface area contributed by atoms with E-state index in [-0.39, 0.29) is 0 Å². The van der Waals surface area contributed by atoms with Gasteiger partial charge in [0.25, 0.3) is 0 Å². The molecule has 0 spiro atoms. The van der Waals surface area contributed by atoms with E-state index in [1.54, 1.807) is 0 Å². The van der Waals surface area contributed by atoms with E-state index in [1.165, 1.54) is 5.56 Å². The molecule has 1 aliphatic carbocycles. The average molecular weight is 314 g/mol. The maximum atomic E-state index is 11.3. The molecule has 1 saturated carbocycles. The van der Waals surface area contributed by atoms with Crippen molar-refractivity contribution in [1.82, 2.24) is 10.1 Å². The number of aromatic nitrogens is 1. The summed E-state index contributed by atoms with van der Waals surface area (Å²) in [4.78, 5) is 13.6. The summed E-state index contributed by atoms with van der Waals surface area (Å²) in [7, 11) is 0. The molecule has 0 unspecified atom stereocenters. The highest BCUT2D eigenvalue weighted by molar-refractivity contribution is 5.80. The third-order valence-corrected chi connectivity index (χ3v) is 5.46. The number of hydrogen-bond acceptors (Lipinski definition) is 4. The van der Waals surface area contributed by atoms with E-state index in [0.29, 0.717) is 12.5 Å². The number of aliphatic carboxylic acids is 1. The van der Waals surface area contributed by atoms with E-state index >= 15 is 0 Å². The molecule has 2 fully saturated rings. The van der Waals surface area contributed by atoms with E-state index in [1.807, 2.05) is 12.1 Å². The van der Waals surface area contributed by atoms with E-state index in [4.69, 9.17) is 4.52 Å². The highest BCUT2D eigenvalue weighted by Crippen LogP contribution is 2.47. The summed E-state index contributed by atoms with van der Waals surface area (Å²) in [6, 6.07) is 6.18. The fraction of sp³-hybridized carbons (Fsp3) is 0.556. The van der Waals surface area contributed by atoms with Gasteiger partial charge in [-0.15, -0.1) is 0 Å². The summed E-state index contributed by atoms with van der Waals surface area (Å²) in [6.07, 6.45) is 3.70. The Hall–Kier alpha value is -1.88. The van der Waals surface area contributed by atoms with Crippen molar-refractivity contribution in [3.05, 3.63) is 29.5 Å². The van der Waals surface area contributed by atoms with Crippen LogP contribution in [-0.2, 0) is 4.79 Å². The number of likely N-dealkylation sites (tertiary alicyclic amines) is 1. The minimum atomic E-state index is -0.627. The zero-order chi connectivity index (χ0) is 16.0. The molecular weight excluding hydrogens is 292 g/mol. The lowest BCUT2D eigenvalue weighted by molar-refractivity contribution is -0.144. The summed E-state index contributed by atoms with van der Waals surface area (Å²) in [5.74, 6) is -0.216. The number of hydrogen-bond donors (Lipinski definition) is 1. The highest BCUT2D eigenvalue weighted by Gasteiger charge is 2.51. The van der Waals surface area contributed by atoms with Crippen LogP contribution in [0.1, 0.15) is 42.9 Å². The monoisotopic (exact) mass is 314 g/mol. The Balaban J connectivity index is 1.45. The van der Waals surface area contributed by atoms with Crippen molar-refractivity contribution in [2.45, 2.75) is 38.5 Å². The maximum absolute atomic E-state index is 11.3. The van der Waals surface area contributed by atoms with Gasteiger partial charge in [0.05, 0.1) is 11.1 Å². The van der Waals surface area contributed by atoms with Crippen molar-refractivity contribution in [3.8, 4) is 0 Å². The second-order valence-electron chi connectivity index (χ2n) is 7.20. The number of carboxylic acid groups (broad SMARTS) is 1. The van der Waals surface area contributed by atoms with Crippen LogP contribution in [0.4, 0.5) is 0 Å². The van der Waals surface area contributed by atoms with Crippen molar-refractivity contribution in [3.63, 3.8) is 0 Å². The zero-order valence-corrected chi connectivity index (χ0v) is 13.4. The average Bonchev–Trinajstić information content (AvgIpc) is 3.21. The quantitative estimate of drug-likeness (QED) is 0.939. The first kappa shape index (κ1) is 14.7. The number of carboxylic acids is 1. The first-order valence-electron chi connectivity index (χ1n) is 8.39. The molecule has 2 heterocycles. The first-order chi connectivity index (χ1) is 11.1. The molecule has 0 bridgehead atoms. The lowest BCUT2D eigenvalue weighted by Crippen LogP contribution is -2.39. The van der Waals surface area contributed by atoms with Gasteiger partial charge < -0.3 is 14.5 Å². The molecule has 5 nitrogen and oxygen atoms in total. The Morgan fingerprint density at radius 2 is 2.13 bits per heavy atom. The van der Waals surface area contributed by atoms with Gasteiger partial charge >= 0.3 is 5.97 Å². The predicted octanol–water partition coefficient (Wildman–Crippen LogP) is 3.18. The van der Waals surface area contributed by atoms with Crippen molar-refractivity contribution >= 4 is 16.9 Å². The molecule has 1 aromatic heterocycles. The molecule has 1 aliphatic heterocycles. The summed E-state index contributed by atoms with van der Waals surface area (Å²) in [5.41, 5.74) is 2.69. The fourth-order valence-electron chi connectivity index (χ4n) is 3.75. The van der Waals surface area contributed by atoms with Crippen LogP contribution in [0.3, 0.4) is 0 Å². The number of fused-ring (bicyclic) bond motifs is 1. The molecule has 2 aliphatic rings. The van der Waals surface area contributed by atoms with Crippen LogP contribution in [0.5, 0.6) is 0 Å². The summed E-state index contributed by atoms with van der Waals surface area (Å²) < 4.78 is 5.46. The van der Waals surface area contributed by atoms with E-state index in [0.717, 1.165) is 55.4 Å². The molecule has 1 N–H and O–H groups in total. The van der Waals surface area contributed by atoms with Crippen LogP contribution >= 0.6 is 0 Å². The molecule has 1 saturated heterocycles. The summed E-state index contributed by atoms with van der Waals surface area (Å²) in [5, 5.41) is 14.8. The van der Waals surface area contributed by atoms with Crippen molar-refractivity contribution in [2.75, 3.05) is 19.6 Å². The van der Waals surface area contributed by atoms with Crippen molar-refractivity contribution < 1.29 is 14.4 Å². The van der Waals surface area contributed by atoms with Crippen LogP contribution in [0.25, 0.3) is 11.0 Å². The Labute approximate surface area is 135 Å². The van der Waals surface area contributed by atoms with E-state index < -0.39 is 11.4 Å². The number of benzene rings is 1. The topological polar surface area (TPSA) is 66.6 Å². The van der Waals surface area contributed by atoms with Gasteiger partial charge in [-0.25, -0.2) is 0 Å². The zero-order valence-electron chi connectivity index (χ0n) is 13.4.